The van der Waals surface area contributed by atoms with Crippen LogP contribution in [0.4, 0.5) is 23.7 Å². The number of hydrogen-bond acceptors (Lipinski definition) is 2. The first-order valence-corrected chi connectivity index (χ1v) is 6.01. The lowest BCUT2D eigenvalue weighted by atomic mass is 10.0. The zero-order valence-corrected chi connectivity index (χ0v) is 11.2. The van der Waals surface area contributed by atoms with E-state index in [1.165, 1.54) is 19.1 Å². The lowest BCUT2D eigenvalue weighted by Crippen LogP contribution is -2.44. The summed E-state index contributed by atoms with van der Waals surface area (Å²) in [4.78, 5) is 12.7. The number of rotatable bonds is 1. The summed E-state index contributed by atoms with van der Waals surface area (Å²) in [5, 5.41) is 12.6. The molecule has 1 saturated heterocycles. The summed E-state index contributed by atoms with van der Waals surface area (Å²) in [6.45, 7) is 4.53. The van der Waals surface area contributed by atoms with Crippen LogP contribution in [0.5, 0.6) is 0 Å². The molecular formula is C13H15F3N2O2. The highest BCUT2D eigenvalue weighted by atomic mass is 19.4. The molecule has 0 spiro atoms. The number of halogens is 3. The maximum atomic E-state index is 12.9. The van der Waals surface area contributed by atoms with Gasteiger partial charge >= 0.3 is 12.2 Å². The van der Waals surface area contributed by atoms with Crippen molar-refractivity contribution in [1.29, 1.82) is 0 Å². The maximum absolute atomic E-state index is 12.9. The summed E-state index contributed by atoms with van der Waals surface area (Å²) in [5.74, 6) is 0. The van der Waals surface area contributed by atoms with Crippen molar-refractivity contribution in [1.82, 2.24) is 5.32 Å². The van der Waals surface area contributed by atoms with Gasteiger partial charge in [0.25, 0.3) is 0 Å². The summed E-state index contributed by atoms with van der Waals surface area (Å²) < 4.78 is 38.6. The third-order valence-corrected chi connectivity index (χ3v) is 3.34. The van der Waals surface area contributed by atoms with Crippen LogP contribution in [-0.2, 0) is 6.18 Å². The molecule has 0 saturated carbocycles. The average Bonchev–Trinajstić information content (AvgIpc) is 2.48. The van der Waals surface area contributed by atoms with Crippen LogP contribution < -0.4 is 10.2 Å². The normalized spacial score (nSPS) is 22.1. The molecule has 2 rings (SSSR count). The van der Waals surface area contributed by atoms with Crippen LogP contribution in [0.1, 0.15) is 25.0 Å². The van der Waals surface area contributed by atoms with E-state index in [0.29, 0.717) is 0 Å². The summed E-state index contributed by atoms with van der Waals surface area (Å²) in [6, 6.07) is 2.91. The smallest absolute Gasteiger partial charge is 0.371 e. The molecule has 1 atom stereocenters. The predicted molar refractivity (Wildman–Crippen MR) is 67.3 cm³/mol. The molecule has 0 aliphatic carbocycles. The third kappa shape index (κ3) is 2.33. The zero-order chi connectivity index (χ0) is 15.3. The Morgan fingerprint density at radius 2 is 1.95 bits per heavy atom. The van der Waals surface area contributed by atoms with Crippen molar-refractivity contribution in [2.75, 3.05) is 4.90 Å². The molecule has 4 nitrogen and oxygen atoms in total. The van der Waals surface area contributed by atoms with Crippen LogP contribution in [-0.4, -0.2) is 22.9 Å². The lowest BCUT2D eigenvalue weighted by molar-refractivity contribution is -0.138. The van der Waals surface area contributed by atoms with Crippen LogP contribution in [0.3, 0.4) is 0 Å². The highest BCUT2D eigenvalue weighted by molar-refractivity contribution is 5.95. The van der Waals surface area contributed by atoms with E-state index < -0.39 is 29.5 Å². The minimum Gasteiger partial charge on any atom is -0.371 e. The number of aliphatic hydroxyl groups excluding tert-OH is 1. The number of nitrogens with one attached hydrogen (secondary N) is 1. The highest BCUT2D eigenvalue weighted by Gasteiger charge is 2.45. The third-order valence-electron chi connectivity index (χ3n) is 3.34. The minimum atomic E-state index is -4.50. The Kier molecular flexibility index (Phi) is 3.20. The summed E-state index contributed by atoms with van der Waals surface area (Å²) in [7, 11) is 0. The molecule has 1 fully saturated rings. The molecule has 1 aromatic carbocycles. The second-order valence-electron chi connectivity index (χ2n) is 5.39. The van der Waals surface area contributed by atoms with E-state index in [0.717, 1.165) is 11.0 Å². The summed E-state index contributed by atoms with van der Waals surface area (Å²) in [5.41, 5.74) is -1.67. The van der Waals surface area contributed by atoms with Crippen molar-refractivity contribution >= 4 is 11.7 Å². The summed E-state index contributed by atoms with van der Waals surface area (Å²) >= 11 is 0. The van der Waals surface area contributed by atoms with Crippen LogP contribution >= 0.6 is 0 Å². The van der Waals surface area contributed by atoms with Gasteiger partial charge in [-0.15, -0.1) is 0 Å². The number of amides is 2. The molecule has 110 valence electrons. The van der Waals surface area contributed by atoms with Gasteiger partial charge in [0.15, 0.2) is 6.23 Å². The average molecular weight is 288 g/mol. The number of urea groups is 1. The first kappa shape index (κ1) is 14.6. The van der Waals surface area contributed by atoms with Gasteiger partial charge in [0.1, 0.15) is 0 Å². The molecule has 2 N–H and O–H groups in total. The SMILES string of the molecule is Cc1ccc(N2C(=O)NC(C)(C)C2O)cc1C(F)(F)F. The van der Waals surface area contributed by atoms with Crippen molar-refractivity contribution in [2.45, 2.75) is 38.7 Å². The Balaban J connectivity index is 2.47. The Morgan fingerprint density at radius 3 is 2.40 bits per heavy atom. The Morgan fingerprint density at radius 1 is 1.35 bits per heavy atom. The van der Waals surface area contributed by atoms with Crippen molar-refractivity contribution in [3.05, 3.63) is 29.3 Å². The number of anilines is 1. The topological polar surface area (TPSA) is 52.6 Å². The Bertz CT molecular complexity index is 555. The molecule has 1 heterocycles. The van der Waals surface area contributed by atoms with Crippen molar-refractivity contribution in [3.8, 4) is 0 Å². The van der Waals surface area contributed by atoms with Crippen molar-refractivity contribution < 1.29 is 23.1 Å². The standard InChI is InChI=1S/C13H15F3N2O2/c1-7-4-5-8(6-9(7)13(14,15)16)18-10(19)12(2,3)17-11(18)20/h4-6,10,19H,1-3H3,(H,17,20). The number of benzene rings is 1. The van der Waals surface area contributed by atoms with E-state index in [2.05, 4.69) is 5.32 Å². The Labute approximate surface area is 114 Å². The van der Waals surface area contributed by atoms with E-state index in [1.54, 1.807) is 13.8 Å². The van der Waals surface area contributed by atoms with Gasteiger partial charge in [0, 0.05) is 5.69 Å². The van der Waals surface area contributed by atoms with Crippen LogP contribution in [0.15, 0.2) is 18.2 Å². The molecule has 0 bridgehead atoms. The van der Waals surface area contributed by atoms with Crippen LogP contribution in [0, 0.1) is 6.92 Å². The van der Waals surface area contributed by atoms with Crippen molar-refractivity contribution in [3.63, 3.8) is 0 Å². The minimum absolute atomic E-state index is 0.0125. The molecule has 1 aliphatic rings. The predicted octanol–water partition coefficient (Wildman–Crippen LogP) is 2.64. The number of nitrogens with zero attached hydrogens (tertiary/aromatic N) is 1. The number of hydrogen-bond donors (Lipinski definition) is 2. The van der Waals surface area contributed by atoms with Gasteiger partial charge < -0.3 is 10.4 Å². The molecule has 20 heavy (non-hydrogen) atoms. The summed E-state index contributed by atoms with van der Waals surface area (Å²) in [6.07, 6.45) is -5.74. The van der Waals surface area contributed by atoms with Gasteiger partial charge in [-0.3, -0.25) is 4.90 Å². The molecule has 1 unspecified atom stereocenters. The largest absolute Gasteiger partial charge is 0.416 e. The quantitative estimate of drug-likeness (QED) is 0.834. The van der Waals surface area contributed by atoms with E-state index >= 15 is 0 Å². The van der Waals surface area contributed by atoms with Crippen molar-refractivity contribution in [2.24, 2.45) is 0 Å². The van der Waals surface area contributed by atoms with Gasteiger partial charge in [-0.2, -0.15) is 13.2 Å². The fraction of sp³-hybridized carbons (Fsp3) is 0.462. The number of aryl methyl sites for hydroxylation is 1. The molecule has 0 aromatic heterocycles. The Hall–Kier alpha value is -1.76. The second kappa shape index (κ2) is 4.37. The van der Waals surface area contributed by atoms with Gasteiger partial charge in [0.2, 0.25) is 0 Å². The fourth-order valence-corrected chi connectivity index (χ4v) is 2.16. The first-order chi connectivity index (χ1) is 9.04. The molecule has 1 aromatic rings. The van der Waals surface area contributed by atoms with Gasteiger partial charge in [-0.1, -0.05) is 6.07 Å². The van der Waals surface area contributed by atoms with Gasteiger partial charge in [-0.05, 0) is 38.5 Å². The highest BCUT2D eigenvalue weighted by Crippen LogP contribution is 2.36. The number of alkyl halides is 3. The van der Waals surface area contributed by atoms with Gasteiger partial charge in [0.05, 0.1) is 11.1 Å². The zero-order valence-electron chi connectivity index (χ0n) is 11.2. The molecule has 0 radical (unpaired) electrons. The molecule has 1 aliphatic heterocycles. The number of carbonyl (C=O) groups excluding carboxylic acids is 1. The molecular weight excluding hydrogens is 273 g/mol. The van der Waals surface area contributed by atoms with E-state index in [1.807, 2.05) is 0 Å². The van der Waals surface area contributed by atoms with Gasteiger partial charge in [-0.25, -0.2) is 4.79 Å². The van der Waals surface area contributed by atoms with Crippen LogP contribution in [0.25, 0.3) is 0 Å². The monoisotopic (exact) mass is 288 g/mol. The number of aliphatic hydroxyl groups is 1. The number of carbonyl (C=O) groups is 1. The molecule has 7 heteroatoms. The fourth-order valence-electron chi connectivity index (χ4n) is 2.16. The first-order valence-electron chi connectivity index (χ1n) is 6.01. The molecule has 2 amide bonds. The van der Waals surface area contributed by atoms with E-state index in [4.69, 9.17) is 0 Å². The second-order valence-corrected chi connectivity index (χ2v) is 5.39. The lowest BCUT2D eigenvalue weighted by Gasteiger charge is -2.26. The van der Waals surface area contributed by atoms with E-state index in [9.17, 15) is 23.1 Å². The van der Waals surface area contributed by atoms with E-state index in [-0.39, 0.29) is 11.3 Å². The maximum Gasteiger partial charge on any atom is 0.416 e. The van der Waals surface area contributed by atoms with Crippen LogP contribution in [0.2, 0.25) is 0 Å².